The van der Waals surface area contributed by atoms with Crippen molar-refractivity contribution >= 4 is 11.0 Å². The van der Waals surface area contributed by atoms with Crippen molar-refractivity contribution in [3.8, 4) is 0 Å². The molecule has 0 fully saturated rings. The first-order valence-corrected chi connectivity index (χ1v) is 7.26. The number of rotatable bonds is 6. The average Bonchev–Trinajstić information content (AvgIpc) is 2.42. The first-order chi connectivity index (χ1) is 9.59. The van der Waals surface area contributed by atoms with E-state index in [4.69, 9.17) is 0 Å². The summed E-state index contributed by atoms with van der Waals surface area (Å²) in [5, 5.41) is 3.40. The van der Waals surface area contributed by atoms with Gasteiger partial charge in [-0.05, 0) is 37.9 Å². The molecule has 0 aliphatic carbocycles. The van der Waals surface area contributed by atoms with Gasteiger partial charge in [0, 0.05) is 13.1 Å². The maximum Gasteiger partial charge on any atom is 0.272 e. The molecule has 1 heterocycles. The molecule has 1 N–H and O–H groups in total. The number of benzene rings is 1. The van der Waals surface area contributed by atoms with Crippen molar-refractivity contribution in [3.63, 3.8) is 0 Å². The minimum Gasteiger partial charge on any atom is -0.315 e. The molecule has 0 atom stereocenters. The lowest BCUT2D eigenvalue weighted by molar-refractivity contribution is 0.519. The normalized spacial score (nSPS) is 11.4. The summed E-state index contributed by atoms with van der Waals surface area (Å²) >= 11 is 0. The molecule has 0 spiro atoms. The van der Waals surface area contributed by atoms with E-state index in [1.807, 2.05) is 28.8 Å². The minimum atomic E-state index is 0.00867. The zero-order valence-electron chi connectivity index (χ0n) is 12.5. The van der Waals surface area contributed by atoms with Crippen LogP contribution in [0.3, 0.4) is 0 Å². The van der Waals surface area contributed by atoms with Crippen molar-refractivity contribution in [2.75, 3.05) is 13.1 Å². The molecule has 0 saturated heterocycles. The van der Waals surface area contributed by atoms with Crippen LogP contribution in [0.2, 0.25) is 0 Å². The molecule has 2 aromatic rings. The Morgan fingerprint density at radius 1 is 1.25 bits per heavy atom. The first-order valence-electron chi connectivity index (χ1n) is 7.26. The smallest absolute Gasteiger partial charge is 0.272 e. The van der Waals surface area contributed by atoms with E-state index >= 15 is 0 Å². The lowest BCUT2D eigenvalue weighted by Crippen LogP contribution is -2.30. The predicted molar refractivity (Wildman–Crippen MR) is 83.1 cm³/mol. The van der Waals surface area contributed by atoms with Crippen LogP contribution in [-0.4, -0.2) is 22.6 Å². The molecule has 0 aliphatic rings. The van der Waals surface area contributed by atoms with Crippen LogP contribution >= 0.6 is 0 Å². The Kier molecular flexibility index (Phi) is 4.90. The number of hydrogen-bond acceptors (Lipinski definition) is 3. The van der Waals surface area contributed by atoms with Crippen molar-refractivity contribution in [1.82, 2.24) is 14.9 Å². The van der Waals surface area contributed by atoms with Gasteiger partial charge in [-0.3, -0.25) is 4.79 Å². The molecular weight excluding hydrogens is 250 g/mol. The minimum absolute atomic E-state index is 0.00867. The molecule has 108 valence electrons. The van der Waals surface area contributed by atoms with E-state index in [0.29, 0.717) is 18.2 Å². The summed E-state index contributed by atoms with van der Waals surface area (Å²) < 4.78 is 1.82. The highest BCUT2D eigenvalue weighted by molar-refractivity contribution is 5.74. The van der Waals surface area contributed by atoms with Crippen LogP contribution in [0.15, 0.2) is 29.1 Å². The zero-order chi connectivity index (χ0) is 14.5. The van der Waals surface area contributed by atoms with E-state index in [2.05, 4.69) is 24.1 Å². The van der Waals surface area contributed by atoms with Crippen molar-refractivity contribution in [3.05, 3.63) is 40.3 Å². The van der Waals surface area contributed by atoms with E-state index in [1.165, 1.54) is 0 Å². The zero-order valence-corrected chi connectivity index (χ0v) is 12.5. The van der Waals surface area contributed by atoms with Gasteiger partial charge in [0.2, 0.25) is 0 Å². The van der Waals surface area contributed by atoms with Crippen LogP contribution in [0.5, 0.6) is 0 Å². The third kappa shape index (κ3) is 3.45. The number of aromatic nitrogens is 2. The van der Waals surface area contributed by atoms with Crippen molar-refractivity contribution in [2.24, 2.45) is 5.92 Å². The van der Waals surface area contributed by atoms with E-state index in [9.17, 15) is 4.79 Å². The maximum atomic E-state index is 12.2. The second-order valence-corrected chi connectivity index (χ2v) is 5.58. The monoisotopic (exact) mass is 273 g/mol. The average molecular weight is 273 g/mol. The van der Waals surface area contributed by atoms with Gasteiger partial charge in [-0.15, -0.1) is 0 Å². The Labute approximate surface area is 119 Å². The summed E-state index contributed by atoms with van der Waals surface area (Å²) in [7, 11) is 0. The second-order valence-electron chi connectivity index (χ2n) is 5.58. The summed E-state index contributed by atoms with van der Waals surface area (Å²) in [6.07, 6.45) is 1.16. The third-order valence-electron chi connectivity index (χ3n) is 3.43. The summed E-state index contributed by atoms with van der Waals surface area (Å²) in [6, 6.07) is 7.80. The number of para-hydroxylation sites is 2. The molecule has 0 bridgehead atoms. The van der Waals surface area contributed by atoms with Crippen LogP contribution in [0, 0.1) is 12.8 Å². The second kappa shape index (κ2) is 6.66. The van der Waals surface area contributed by atoms with Crippen molar-refractivity contribution in [1.29, 1.82) is 0 Å². The van der Waals surface area contributed by atoms with Crippen LogP contribution in [0.1, 0.15) is 26.0 Å². The van der Waals surface area contributed by atoms with Gasteiger partial charge >= 0.3 is 0 Å². The van der Waals surface area contributed by atoms with Crippen LogP contribution in [0.25, 0.3) is 11.0 Å². The summed E-state index contributed by atoms with van der Waals surface area (Å²) in [5.41, 5.74) is 2.36. The third-order valence-corrected chi connectivity index (χ3v) is 3.43. The Balaban J connectivity index is 2.13. The van der Waals surface area contributed by atoms with E-state index < -0.39 is 0 Å². The summed E-state index contributed by atoms with van der Waals surface area (Å²) in [5.74, 6) is 0.703. The molecule has 0 radical (unpaired) electrons. The number of hydrogen-bond donors (Lipinski definition) is 1. The molecule has 1 aromatic heterocycles. The molecule has 0 amide bonds. The van der Waals surface area contributed by atoms with Crippen LogP contribution < -0.4 is 10.9 Å². The molecule has 20 heavy (non-hydrogen) atoms. The fraction of sp³-hybridized carbons (Fsp3) is 0.500. The van der Waals surface area contributed by atoms with Gasteiger partial charge in [0.15, 0.2) is 0 Å². The SMILES string of the molecule is Cc1nc2ccccc2n(CCNCCC(C)C)c1=O. The lowest BCUT2D eigenvalue weighted by Gasteiger charge is -2.12. The van der Waals surface area contributed by atoms with Gasteiger partial charge < -0.3 is 9.88 Å². The topological polar surface area (TPSA) is 46.9 Å². The van der Waals surface area contributed by atoms with Crippen molar-refractivity contribution < 1.29 is 0 Å². The largest absolute Gasteiger partial charge is 0.315 e. The van der Waals surface area contributed by atoms with Gasteiger partial charge in [0.05, 0.1) is 11.0 Å². The highest BCUT2D eigenvalue weighted by Gasteiger charge is 2.06. The maximum absolute atomic E-state index is 12.2. The highest BCUT2D eigenvalue weighted by Crippen LogP contribution is 2.09. The van der Waals surface area contributed by atoms with Gasteiger partial charge in [0.25, 0.3) is 5.56 Å². The molecule has 4 heteroatoms. The molecule has 1 aromatic carbocycles. The Bertz CT molecular complexity index is 631. The quantitative estimate of drug-likeness (QED) is 0.822. The van der Waals surface area contributed by atoms with Gasteiger partial charge in [-0.1, -0.05) is 26.0 Å². The first kappa shape index (κ1) is 14.7. The van der Waals surface area contributed by atoms with Gasteiger partial charge in [-0.25, -0.2) is 4.98 Å². The molecule has 4 nitrogen and oxygen atoms in total. The Morgan fingerprint density at radius 2 is 2.00 bits per heavy atom. The molecular formula is C16H23N3O. The summed E-state index contributed by atoms with van der Waals surface area (Å²) in [6.45, 7) is 8.69. The number of fused-ring (bicyclic) bond motifs is 1. The van der Waals surface area contributed by atoms with Crippen LogP contribution in [0.4, 0.5) is 0 Å². The Morgan fingerprint density at radius 3 is 2.75 bits per heavy atom. The molecule has 0 saturated carbocycles. The van der Waals surface area contributed by atoms with Gasteiger partial charge in [0.1, 0.15) is 5.69 Å². The van der Waals surface area contributed by atoms with E-state index in [0.717, 1.165) is 30.5 Å². The molecule has 2 rings (SSSR count). The standard InChI is InChI=1S/C16H23N3O/c1-12(2)8-9-17-10-11-19-15-7-5-4-6-14(15)18-13(3)16(19)20/h4-7,12,17H,8-11H2,1-3H3. The number of aryl methyl sites for hydroxylation is 1. The van der Waals surface area contributed by atoms with Crippen molar-refractivity contribution in [2.45, 2.75) is 33.7 Å². The summed E-state index contributed by atoms with van der Waals surface area (Å²) in [4.78, 5) is 16.6. The van der Waals surface area contributed by atoms with E-state index in [-0.39, 0.29) is 5.56 Å². The molecule has 0 aliphatic heterocycles. The lowest BCUT2D eigenvalue weighted by atomic mass is 10.1. The fourth-order valence-corrected chi connectivity index (χ4v) is 2.25. The number of nitrogens with one attached hydrogen (secondary N) is 1. The Hall–Kier alpha value is -1.68. The highest BCUT2D eigenvalue weighted by atomic mass is 16.1. The fourth-order valence-electron chi connectivity index (χ4n) is 2.25. The number of nitrogens with zero attached hydrogens (tertiary/aromatic N) is 2. The van der Waals surface area contributed by atoms with Gasteiger partial charge in [-0.2, -0.15) is 0 Å². The van der Waals surface area contributed by atoms with E-state index in [1.54, 1.807) is 6.92 Å². The molecule has 0 unspecified atom stereocenters. The van der Waals surface area contributed by atoms with Crippen LogP contribution in [-0.2, 0) is 6.54 Å². The predicted octanol–water partition coefficient (Wildman–Crippen LogP) is 2.34.